The summed E-state index contributed by atoms with van der Waals surface area (Å²) in [4.78, 5) is 13.0. The molecule has 1 saturated carbocycles. The molecule has 2 aromatic carbocycles. The van der Waals surface area contributed by atoms with Crippen LogP contribution in [0.15, 0.2) is 53.7 Å². The summed E-state index contributed by atoms with van der Waals surface area (Å²) in [6.45, 7) is 4.90. The Balaban J connectivity index is 1.47. The van der Waals surface area contributed by atoms with Crippen molar-refractivity contribution >= 4 is 17.7 Å². The topological polar surface area (TPSA) is 69.0 Å². The largest absolute Gasteiger partial charge is 0.497 e. The van der Waals surface area contributed by atoms with Gasteiger partial charge < -0.3 is 14.6 Å². The minimum atomic E-state index is -0.297. The van der Waals surface area contributed by atoms with Gasteiger partial charge in [-0.3, -0.25) is 4.79 Å². The first kappa shape index (κ1) is 22.4. The molecule has 0 radical (unpaired) electrons. The monoisotopic (exact) mass is 450 g/mol. The van der Waals surface area contributed by atoms with Crippen LogP contribution in [0.4, 0.5) is 0 Å². The Hall–Kier alpha value is -2.80. The molecule has 0 saturated heterocycles. The van der Waals surface area contributed by atoms with E-state index >= 15 is 0 Å². The first-order valence-electron chi connectivity index (χ1n) is 11.1. The summed E-state index contributed by atoms with van der Waals surface area (Å²) < 4.78 is 7.37. The molecule has 0 aliphatic heterocycles. The predicted molar refractivity (Wildman–Crippen MR) is 128 cm³/mol. The summed E-state index contributed by atoms with van der Waals surface area (Å²) in [5, 5.41) is 12.9. The number of nitrogens with one attached hydrogen (secondary N) is 1. The number of nitrogens with zero attached hydrogens (tertiary/aromatic N) is 3. The smallest absolute Gasteiger partial charge is 0.231 e. The Morgan fingerprint density at radius 1 is 1.12 bits per heavy atom. The maximum absolute atomic E-state index is 13.0. The van der Waals surface area contributed by atoms with Crippen molar-refractivity contribution in [3.63, 3.8) is 0 Å². The number of amides is 1. The quantitative estimate of drug-likeness (QED) is 0.491. The van der Waals surface area contributed by atoms with Gasteiger partial charge in [0.15, 0.2) is 11.0 Å². The van der Waals surface area contributed by atoms with E-state index in [9.17, 15) is 4.79 Å². The van der Waals surface area contributed by atoms with Crippen LogP contribution in [0.3, 0.4) is 0 Å². The molecule has 3 aromatic rings. The fourth-order valence-electron chi connectivity index (χ4n) is 4.51. The van der Waals surface area contributed by atoms with Gasteiger partial charge >= 0.3 is 0 Å². The molecule has 1 amide bonds. The zero-order chi connectivity index (χ0) is 22.6. The molecule has 32 heavy (non-hydrogen) atoms. The molecule has 1 aromatic heterocycles. The van der Waals surface area contributed by atoms with Gasteiger partial charge in [0.25, 0.3) is 0 Å². The van der Waals surface area contributed by atoms with E-state index in [4.69, 9.17) is 4.74 Å². The summed E-state index contributed by atoms with van der Waals surface area (Å²) in [7, 11) is 1.67. The first-order valence-corrected chi connectivity index (χ1v) is 12.1. The van der Waals surface area contributed by atoms with Crippen molar-refractivity contribution in [2.75, 3.05) is 12.9 Å². The number of rotatable bonds is 8. The highest BCUT2D eigenvalue weighted by atomic mass is 32.2. The van der Waals surface area contributed by atoms with E-state index in [-0.39, 0.29) is 11.4 Å². The van der Waals surface area contributed by atoms with E-state index in [0.29, 0.717) is 5.75 Å². The average molecular weight is 451 g/mol. The Kier molecular flexibility index (Phi) is 6.84. The third-order valence-electron chi connectivity index (χ3n) is 6.23. The van der Waals surface area contributed by atoms with E-state index in [1.165, 1.54) is 11.8 Å². The molecule has 6 nitrogen and oxygen atoms in total. The van der Waals surface area contributed by atoms with Crippen molar-refractivity contribution < 1.29 is 9.53 Å². The van der Waals surface area contributed by atoms with Crippen molar-refractivity contribution in [2.45, 2.75) is 56.8 Å². The van der Waals surface area contributed by atoms with E-state index in [2.05, 4.69) is 58.2 Å². The van der Waals surface area contributed by atoms with Crippen molar-refractivity contribution in [1.82, 2.24) is 20.1 Å². The molecule has 168 valence electrons. The lowest BCUT2D eigenvalue weighted by Gasteiger charge is -2.31. The van der Waals surface area contributed by atoms with Crippen molar-refractivity contribution in [2.24, 2.45) is 0 Å². The minimum Gasteiger partial charge on any atom is -0.497 e. The van der Waals surface area contributed by atoms with Gasteiger partial charge in [-0.25, -0.2) is 0 Å². The zero-order valence-electron chi connectivity index (χ0n) is 18.9. The van der Waals surface area contributed by atoms with Gasteiger partial charge in [0, 0.05) is 12.1 Å². The predicted octanol–water partition coefficient (Wildman–Crippen LogP) is 4.96. The molecule has 1 aliphatic rings. The van der Waals surface area contributed by atoms with Gasteiger partial charge in [0.1, 0.15) is 5.75 Å². The van der Waals surface area contributed by atoms with Crippen LogP contribution in [0.5, 0.6) is 5.75 Å². The van der Waals surface area contributed by atoms with Crippen molar-refractivity contribution in [3.05, 3.63) is 59.7 Å². The fraction of sp³-hybridized carbons (Fsp3) is 0.400. The van der Waals surface area contributed by atoms with E-state index in [1.807, 2.05) is 24.3 Å². The lowest BCUT2D eigenvalue weighted by Crippen LogP contribution is -2.44. The number of thioether (sulfide) groups is 1. The number of carbonyl (C=O) groups excluding carboxylic acids is 1. The molecule has 0 spiro atoms. The van der Waals surface area contributed by atoms with Crippen LogP contribution in [0, 0.1) is 6.92 Å². The molecule has 1 aliphatic carbocycles. The third kappa shape index (κ3) is 4.53. The molecule has 1 heterocycles. The molecular weight excluding hydrogens is 420 g/mol. The molecule has 1 N–H and O–H groups in total. The number of benzene rings is 2. The number of hydrogen-bond donors (Lipinski definition) is 1. The van der Waals surface area contributed by atoms with Gasteiger partial charge in [0.05, 0.1) is 18.4 Å². The highest BCUT2D eigenvalue weighted by molar-refractivity contribution is 7.99. The van der Waals surface area contributed by atoms with Crippen molar-refractivity contribution in [1.29, 1.82) is 0 Å². The van der Waals surface area contributed by atoms with Crippen LogP contribution in [0.2, 0.25) is 0 Å². The number of ether oxygens (including phenoxy) is 1. The molecule has 0 atom stereocenters. The van der Waals surface area contributed by atoms with Gasteiger partial charge in [-0.05, 0) is 49.9 Å². The average Bonchev–Trinajstić information content (AvgIpc) is 3.45. The molecule has 7 heteroatoms. The Bertz CT molecular complexity index is 1070. The van der Waals surface area contributed by atoms with Gasteiger partial charge in [0.2, 0.25) is 5.91 Å². The van der Waals surface area contributed by atoms with E-state index < -0.39 is 0 Å². The Morgan fingerprint density at radius 2 is 1.84 bits per heavy atom. The molecule has 1 fully saturated rings. The fourth-order valence-corrected chi connectivity index (χ4v) is 5.31. The lowest BCUT2D eigenvalue weighted by molar-refractivity contribution is -0.120. The summed E-state index contributed by atoms with van der Waals surface area (Å²) in [6, 6.07) is 16.2. The SMILES string of the molecule is CCn1c(SCC(=O)NC2(c3ccc(OC)cc3)CCCC2)nnc1-c1ccccc1C. The number of aryl methyl sites for hydroxylation is 1. The molecule has 0 unspecified atom stereocenters. The summed E-state index contributed by atoms with van der Waals surface area (Å²) in [5.41, 5.74) is 3.08. The standard InChI is InChI=1S/C25H30N4O2S/c1-4-29-23(21-10-6-5-9-18(21)2)27-28-24(29)32-17-22(30)26-25(15-7-8-16-25)19-11-13-20(31-3)14-12-19/h5-6,9-14H,4,7-8,15-17H2,1-3H3,(H,26,30). The second-order valence-electron chi connectivity index (χ2n) is 8.22. The molecular formula is C25H30N4O2S. The van der Waals surface area contributed by atoms with Gasteiger partial charge in [-0.2, -0.15) is 0 Å². The Labute approximate surface area is 193 Å². The van der Waals surface area contributed by atoms with Crippen LogP contribution in [0.1, 0.15) is 43.7 Å². The maximum atomic E-state index is 13.0. The van der Waals surface area contributed by atoms with Crippen molar-refractivity contribution in [3.8, 4) is 17.1 Å². The first-order chi connectivity index (χ1) is 15.6. The highest BCUT2D eigenvalue weighted by Gasteiger charge is 2.37. The molecule has 0 bridgehead atoms. The third-order valence-corrected chi connectivity index (χ3v) is 7.20. The van der Waals surface area contributed by atoms with Crippen LogP contribution < -0.4 is 10.1 Å². The normalized spacial score (nSPS) is 15.0. The second-order valence-corrected chi connectivity index (χ2v) is 9.16. The van der Waals surface area contributed by atoms with Gasteiger partial charge in [-0.15, -0.1) is 10.2 Å². The number of carbonyl (C=O) groups is 1. The summed E-state index contributed by atoms with van der Waals surface area (Å²) in [6.07, 6.45) is 4.14. The number of aromatic nitrogens is 3. The van der Waals surface area contributed by atoms with Crippen LogP contribution >= 0.6 is 11.8 Å². The van der Waals surface area contributed by atoms with Crippen LogP contribution in [-0.4, -0.2) is 33.5 Å². The van der Waals surface area contributed by atoms with E-state index in [0.717, 1.165) is 65.6 Å². The molecule has 4 rings (SSSR count). The summed E-state index contributed by atoms with van der Waals surface area (Å²) in [5.74, 6) is 2.01. The van der Waals surface area contributed by atoms with E-state index in [1.54, 1.807) is 7.11 Å². The number of methoxy groups -OCH3 is 1. The Morgan fingerprint density at radius 3 is 2.50 bits per heavy atom. The van der Waals surface area contributed by atoms with Crippen LogP contribution in [0.25, 0.3) is 11.4 Å². The van der Waals surface area contributed by atoms with Crippen LogP contribution in [-0.2, 0) is 16.9 Å². The number of hydrogen-bond acceptors (Lipinski definition) is 5. The minimum absolute atomic E-state index is 0.0239. The second kappa shape index (κ2) is 9.77. The highest BCUT2D eigenvalue weighted by Crippen LogP contribution is 2.39. The zero-order valence-corrected chi connectivity index (χ0v) is 19.7. The summed E-state index contributed by atoms with van der Waals surface area (Å²) >= 11 is 1.44. The maximum Gasteiger partial charge on any atom is 0.231 e. The van der Waals surface area contributed by atoms with Gasteiger partial charge in [-0.1, -0.05) is 61.0 Å². The lowest BCUT2D eigenvalue weighted by atomic mass is 9.88.